The van der Waals surface area contributed by atoms with Crippen molar-refractivity contribution in [1.82, 2.24) is 4.98 Å². The van der Waals surface area contributed by atoms with E-state index in [0.717, 1.165) is 16.5 Å². The van der Waals surface area contributed by atoms with Crippen LogP contribution in [-0.2, 0) is 0 Å². The van der Waals surface area contributed by atoms with Crippen molar-refractivity contribution in [3.05, 3.63) is 60.4 Å². The molecule has 0 unspecified atom stereocenters. The van der Waals surface area contributed by atoms with Crippen LogP contribution in [0.25, 0.3) is 10.8 Å². The molecule has 0 aliphatic rings. The first-order valence-corrected chi connectivity index (χ1v) is 6.13. The van der Waals surface area contributed by atoms with E-state index in [9.17, 15) is 10.2 Å². The Balaban J connectivity index is 2.05. The van der Waals surface area contributed by atoms with Gasteiger partial charge in [0.05, 0.1) is 5.69 Å². The van der Waals surface area contributed by atoms with Gasteiger partial charge in [0.2, 0.25) is 0 Å². The van der Waals surface area contributed by atoms with E-state index in [2.05, 4.69) is 9.98 Å². The van der Waals surface area contributed by atoms with Gasteiger partial charge in [-0.2, -0.15) is 0 Å². The van der Waals surface area contributed by atoms with Crippen LogP contribution >= 0.6 is 0 Å². The zero-order valence-electron chi connectivity index (χ0n) is 10.6. The molecule has 1 aromatic heterocycles. The fraction of sp³-hybridized carbons (Fsp3) is 0. The zero-order chi connectivity index (χ0) is 13.9. The second-order valence-electron chi connectivity index (χ2n) is 4.35. The van der Waals surface area contributed by atoms with Crippen LogP contribution in [0, 0.1) is 0 Å². The number of aromatic hydroxyl groups is 2. The molecule has 0 spiro atoms. The number of phenols is 2. The van der Waals surface area contributed by atoms with Crippen molar-refractivity contribution in [2.45, 2.75) is 0 Å². The van der Waals surface area contributed by atoms with Gasteiger partial charge in [0.1, 0.15) is 0 Å². The Bertz CT molecular complexity index is 792. The predicted molar refractivity (Wildman–Crippen MR) is 78.8 cm³/mol. The molecule has 0 aliphatic heterocycles. The van der Waals surface area contributed by atoms with Crippen LogP contribution in [0.5, 0.6) is 11.5 Å². The largest absolute Gasteiger partial charge is 0.504 e. The van der Waals surface area contributed by atoms with Crippen molar-refractivity contribution in [2.75, 3.05) is 0 Å². The molecule has 0 amide bonds. The fourth-order valence-corrected chi connectivity index (χ4v) is 2.01. The Morgan fingerprint density at radius 2 is 1.85 bits per heavy atom. The average molecular weight is 264 g/mol. The predicted octanol–water partition coefficient (Wildman–Crippen LogP) is 3.40. The lowest BCUT2D eigenvalue weighted by Crippen LogP contribution is -1.83. The highest BCUT2D eigenvalue weighted by Gasteiger charge is 2.03. The molecule has 4 heteroatoms. The van der Waals surface area contributed by atoms with Crippen molar-refractivity contribution >= 4 is 22.7 Å². The minimum absolute atomic E-state index is 0.156. The maximum atomic E-state index is 9.74. The topological polar surface area (TPSA) is 65.7 Å². The molecular weight excluding hydrogens is 252 g/mol. The smallest absolute Gasteiger partial charge is 0.166 e. The Hall–Kier alpha value is -2.88. The maximum absolute atomic E-state index is 9.74. The number of pyridine rings is 1. The lowest BCUT2D eigenvalue weighted by atomic mass is 10.1. The maximum Gasteiger partial charge on any atom is 0.166 e. The number of hydrogen-bond donors (Lipinski definition) is 2. The molecule has 3 rings (SSSR count). The van der Waals surface area contributed by atoms with E-state index in [0.29, 0.717) is 5.56 Å². The summed E-state index contributed by atoms with van der Waals surface area (Å²) in [4.78, 5) is 8.46. The van der Waals surface area contributed by atoms with Gasteiger partial charge in [0, 0.05) is 34.9 Å². The summed E-state index contributed by atoms with van der Waals surface area (Å²) < 4.78 is 0. The molecule has 4 nitrogen and oxygen atoms in total. The Morgan fingerprint density at radius 3 is 2.75 bits per heavy atom. The molecule has 0 saturated carbocycles. The highest BCUT2D eigenvalue weighted by molar-refractivity contribution is 5.95. The molecule has 0 bridgehead atoms. The number of phenolic OH excluding ortho intramolecular Hbond substituents is 2. The van der Waals surface area contributed by atoms with Crippen molar-refractivity contribution < 1.29 is 10.2 Å². The summed E-state index contributed by atoms with van der Waals surface area (Å²) in [7, 11) is 0. The van der Waals surface area contributed by atoms with Crippen molar-refractivity contribution in [2.24, 2.45) is 4.99 Å². The molecular formula is C16H12N2O2. The van der Waals surface area contributed by atoms with Gasteiger partial charge in [0.15, 0.2) is 11.5 Å². The number of nitrogens with zero attached hydrogens (tertiary/aromatic N) is 2. The summed E-state index contributed by atoms with van der Waals surface area (Å²) in [5.41, 5.74) is 1.25. The first-order chi connectivity index (χ1) is 9.75. The minimum Gasteiger partial charge on any atom is -0.504 e. The van der Waals surface area contributed by atoms with Gasteiger partial charge in [0.25, 0.3) is 0 Å². The summed E-state index contributed by atoms with van der Waals surface area (Å²) in [6.07, 6.45) is 5.03. The van der Waals surface area contributed by atoms with Gasteiger partial charge in [-0.25, -0.2) is 0 Å². The van der Waals surface area contributed by atoms with Crippen molar-refractivity contribution in [3.63, 3.8) is 0 Å². The van der Waals surface area contributed by atoms with Crippen molar-refractivity contribution in [1.29, 1.82) is 0 Å². The van der Waals surface area contributed by atoms with E-state index in [4.69, 9.17) is 0 Å². The molecule has 1 heterocycles. The van der Waals surface area contributed by atoms with E-state index < -0.39 is 0 Å². The Kier molecular flexibility index (Phi) is 3.05. The summed E-state index contributed by atoms with van der Waals surface area (Å²) in [5.74, 6) is -0.325. The summed E-state index contributed by atoms with van der Waals surface area (Å²) in [6, 6.07) is 12.4. The lowest BCUT2D eigenvalue weighted by Gasteiger charge is -2.02. The second kappa shape index (κ2) is 5.01. The van der Waals surface area contributed by atoms with Gasteiger partial charge in [-0.15, -0.1) is 0 Å². The summed E-state index contributed by atoms with van der Waals surface area (Å²) in [6.45, 7) is 0. The second-order valence-corrected chi connectivity index (χ2v) is 4.35. The molecule has 0 atom stereocenters. The zero-order valence-corrected chi connectivity index (χ0v) is 10.6. The number of benzene rings is 2. The highest BCUT2D eigenvalue weighted by atomic mass is 16.3. The molecule has 0 radical (unpaired) electrons. The Labute approximate surface area is 115 Å². The van der Waals surface area contributed by atoms with Gasteiger partial charge in [-0.1, -0.05) is 18.2 Å². The normalized spacial score (nSPS) is 11.2. The first-order valence-electron chi connectivity index (χ1n) is 6.13. The van der Waals surface area contributed by atoms with Gasteiger partial charge >= 0.3 is 0 Å². The summed E-state index contributed by atoms with van der Waals surface area (Å²) in [5, 5.41) is 21.2. The molecule has 2 N–H and O–H groups in total. The van der Waals surface area contributed by atoms with Crippen LogP contribution in [0.1, 0.15) is 5.56 Å². The monoisotopic (exact) mass is 264 g/mol. The molecule has 20 heavy (non-hydrogen) atoms. The van der Waals surface area contributed by atoms with Gasteiger partial charge < -0.3 is 10.2 Å². The van der Waals surface area contributed by atoms with E-state index in [1.54, 1.807) is 24.5 Å². The third kappa shape index (κ3) is 2.19. The summed E-state index contributed by atoms with van der Waals surface area (Å²) >= 11 is 0. The van der Waals surface area contributed by atoms with E-state index >= 15 is 0 Å². The number of aromatic nitrogens is 1. The third-order valence-corrected chi connectivity index (χ3v) is 3.05. The van der Waals surface area contributed by atoms with Crippen LogP contribution < -0.4 is 0 Å². The number of rotatable bonds is 2. The molecule has 3 aromatic rings. The molecule has 0 aliphatic carbocycles. The molecule has 0 fully saturated rings. The van der Waals surface area contributed by atoms with Gasteiger partial charge in [-0.05, 0) is 24.3 Å². The quantitative estimate of drug-likeness (QED) is 0.550. The van der Waals surface area contributed by atoms with E-state index in [-0.39, 0.29) is 11.5 Å². The fourth-order valence-electron chi connectivity index (χ4n) is 2.01. The van der Waals surface area contributed by atoms with Crippen LogP contribution in [-0.4, -0.2) is 21.4 Å². The number of para-hydroxylation sites is 1. The molecule has 98 valence electrons. The Morgan fingerprint density at radius 1 is 1.00 bits per heavy atom. The van der Waals surface area contributed by atoms with Crippen LogP contribution in [0.15, 0.2) is 59.9 Å². The van der Waals surface area contributed by atoms with E-state index in [1.165, 1.54) is 12.3 Å². The van der Waals surface area contributed by atoms with E-state index in [1.807, 2.05) is 24.3 Å². The van der Waals surface area contributed by atoms with Crippen LogP contribution in [0.2, 0.25) is 0 Å². The minimum atomic E-state index is -0.168. The van der Waals surface area contributed by atoms with Crippen LogP contribution in [0.4, 0.5) is 5.69 Å². The van der Waals surface area contributed by atoms with Gasteiger partial charge in [-0.3, -0.25) is 9.98 Å². The number of hydrogen-bond acceptors (Lipinski definition) is 4. The average Bonchev–Trinajstić information content (AvgIpc) is 2.49. The standard InChI is InChI=1S/C16H12N2O2/c19-15-6-2-4-12(16(15)20)10-18-14-5-1-3-11-9-17-8-7-13(11)14/h1-10,19-20H. The first kappa shape index (κ1) is 12.2. The third-order valence-electron chi connectivity index (χ3n) is 3.05. The SMILES string of the molecule is Oc1cccc(C=Nc2cccc3cnccc23)c1O. The lowest BCUT2D eigenvalue weighted by molar-refractivity contribution is 0.403. The molecule has 2 aromatic carbocycles. The highest BCUT2D eigenvalue weighted by Crippen LogP contribution is 2.29. The van der Waals surface area contributed by atoms with Crippen molar-refractivity contribution in [3.8, 4) is 11.5 Å². The number of aliphatic imine (C=N–C) groups is 1. The number of fused-ring (bicyclic) bond motifs is 1. The van der Waals surface area contributed by atoms with Crippen LogP contribution in [0.3, 0.4) is 0 Å². The molecule has 0 saturated heterocycles.